The van der Waals surface area contributed by atoms with Crippen molar-refractivity contribution in [3.63, 3.8) is 0 Å². The van der Waals surface area contributed by atoms with Crippen molar-refractivity contribution in [3.05, 3.63) is 113 Å². The third-order valence-electron chi connectivity index (χ3n) is 9.21. The van der Waals surface area contributed by atoms with Crippen LogP contribution in [0.15, 0.2) is 74.7 Å². The largest absolute Gasteiger partial charge is 0.462 e. The predicted molar refractivity (Wildman–Crippen MR) is 245 cm³/mol. The Kier molecular flexibility index (Phi) is 15.1. The summed E-state index contributed by atoms with van der Waals surface area (Å²) in [5.41, 5.74) is 4.58. The first-order valence-electron chi connectivity index (χ1n) is 20.0. The Morgan fingerprint density at radius 2 is 1.02 bits per heavy atom. The zero-order chi connectivity index (χ0) is 45.1. The molecule has 2 aromatic heterocycles. The van der Waals surface area contributed by atoms with Crippen molar-refractivity contribution in [1.29, 1.82) is 0 Å². The highest BCUT2D eigenvalue weighted by atomic mass is 79.9. The molecule has 0 radical (unpaired) electrons. The Morgan fingerprint density at radius 1 is 0.617 bits per heavy atom. The van der Waals surface area contributed by atoms with Crippen LogP contribution in [0.5, 0.6) is 0 Å². The second-order valence-corrected chi connectivity index (χ2v) is 20.3. The Balaban J connectivity index is 0.000000270. The van der Waals surface area contributed by atoms with Crippen LogP contribution in [0.1, 0.15) is 118 Å². The van der Waals surface area contributed by atoms with E-state index >= 15 is 0 Å². The number of halogens is 2. The van der Waals surface area contributed by atoms with Crippen molar-refractivity contribution in [2.24, 2.45) is 10.8 Å². The number of aromatic nitrogens is 2. The standard InChI is InChI=1S/C27H32ClNO4.C21H28BrNO4/c1-16-14-20-19(12-13-22(30)29-20)24(17-8-10-18(28)11-9-17)23(16)21(33-27(5,6)7)15-32-25(31)26(2,3)4;1-12-10-14-13(8-9-16(24)23-14)18(22)17(12)15(27-21(5,6)7)11-26-19(25)20(2,3)4/h8-14,21H,15H2,1-7H3,(H,29,30);8-10,15H,11H2,1-7H3,(H,23,24)/t21-;15-/m11/s1. The zero-order valence-electron chi connectivity index (χ0n) is 37.4. The Labute approximate surface area is 366 Å². The summed E-state index contributed by atoms with van der Waals surface area (Å²) in [6.07, 6.45) is -0.958. The van der Waals surface area contributed by atoms with Gasteiger partial charge in [0.15, 0.2) is 0 Å². The highest BCUT2D eigenvalue weighted by molar-refractivity contribution is 9.10. The molecule has 0 fully saturated rings. The molecule has 0 spiro atoms. The Morgan fingerprint density at radius 3 is 1.45 bits per heavy atom. The highest BCUT2D eigenvalue weighted by Gasteiger charge is 2.32. The number of hydrogen-bond donors (Lipinski definition) is 2. The molecule has 2 N–H and O–H groups in total. The van der Waals surface area contributed by atoms with Gasteiger partial charge in [-0.1, -0.05) is 23.7 Å². The van der Waals surface area contributed by atoms with Gasteiger partial charge in [-0.2, -0.15) is 0 Å². The Bertz CT molecular complexity index is 2460. The maximum atomic E-state index is 12.6. The lowest BCUT2D eigenvalue weighted by atomic mass is 9.88. The van der Waals surface area contributed by atoms with Crippen LogP contribution in [0.3, 0.4) is 0 Å². The van der Waals surface area contributed by atoms with Crippen LogP contribution in [0.2, 0.25) is 5.02 Å². The van der Waals surface area contributed by atoms with Crippen molar-refractivity contribution < 1.29 is 28.5 Å². The van der Waals surface area contributed by atoms with Crippen molar-refractivity contribution >= 4 is 61.3 Å². The number of ether oxygens (including phenoxy) is 4. The fraction of sp³-hybridized carbons (Fsp3) is 0.458. The number of fused-ring (bicyclic) bond motifs is 2. The van der Waals surface area contributed by atoms with Crippen LogP contribution < -0.4 is 11.1 Å². The molecule has 60 heavy (non-hydrogen) atoms. The van der Waals surface area contributed by atoms with Gasteiger partial charge in [-0.25, -0.2) is 0 Å². The maximum Gasteiger partial charge on any atom is 0.311 e. The highest BCUT2D eigenvalue weighted by Crippen LogP contribution is 2.41. The molecule has 0 amide bonds. The van der Waals surface area contributed by atoms with E-state index in [1.165, 1.54) is 12.1 Å². The zero-order valence-corrected chi connectivity index (χ0v) is 39.7. The molecule has 12 heteroatoms. The van der Waals surface area contributed by atoms with Gasteiger partial charge in [0, 0.05) is 49.0 Å². The third kappa shape index (κ3) is 12.9. The molecule has 2 heterocycles. The molecule has 2 atom stereocenters. The van der Waals surface area contributed by atoms with Crippen LogP contribution in [0, 0.1) is 24.7 Å². The lowest BCUT2D eigenvalue weighted by Gasteiger charge is -2.31. The summed E-state index contributed by atoms with van der Waals surface area (Å²) in [5.74, 6) is -0.565. The van der Waals surface area contributed by atoms with Gasteiger partial charge in [0.2, 0.25) is 11.1 Å². The maximum absolute atomic E-state index is 12.6. The number of carbonyl (C=O) groups excluding carboxylic acids is 2. The molecular formula is C48H60BrClN2O8. The van der Waals surface area contributed by atoms with E-state index in [1.807, 2.05) is 139 Å². The van der Waals surface area contributed by atoms with Crippen molar-refractivity contribution in [2.45, 2.75) is 120 Å². The molecule has 3 aromatic carbocycles. The molecule has 0 aliphatic rings. The summed E-state index contributed by atoms with van der Waals surface area (Å²) >= 11 is 9.83. The van der Waals surface area contributed by atoms with E-state index in [0.29, 0.717) is 5.02 Å². The van der Waals surface area contributed by atoms with Gasteiger partial charge in [0.05, 0.1) is 22.0 Å². The van der Waals surface area contributed by atoms with Gasteiger partial charge in [-0.15, -0.1) is 0 Å². The lowest BCUT2D eigenvalue weighted by Crippen LogP contribution is -2.30. The number of aromatic amines is 2. The fourth-order valence-electron chi connectivity index (χ4n) is 6.55. The first kappa shape index (κ1) is 48.4. The predicted octanol–water partition coefficient (Wildman–Crippen LogP) is 11.6. The first-order chi connectivity index (χ1) is 27.6. The Hall–Kier alpha value is -4.29. The molecule has 324 valence electrons. The normalized spacial score (nSPS) is 13.4. The van der Waals surface area contributed by atoms with Crippen LogP contribution >= 0.6 is 27.5 Å². The van der Waals surface area contributed by atoms with E-state index in [-0.39, 0.29) is 36.3 Å². The summed E-state index contributed by atoms with van der Waals surface area (Å²) in [5, 5.41) is 2.38. The van der Waals surface area contributed by atoms with E-state index in [0.717, 1.165) is 59.7 Å². The van der Waals surface area contributed by atoms with Crippen LogP contribution in [-0.4, -0.2) is 46.3 Å². The molecule has 0 saturated carbocycles. The minimum atomic E-state index is -0.622. The number of rotatable bonds is 9. The van der Waals surface area contributed by atoms with E-state index < -0.39 is 34.2 Å². The van der Waals surface area contributed by atoms with E-state index in [4.69, 9.17) is 30.5 Å². The van der Waals surface area contributed by atoms with Crippen LogP contribution in [0.25, 0.3) is 32.9 Å². The molecular weight excluding hydrogens is 848 g/mol. The minimum absolute atomic E-state index is 0.0731. The lowest BCUT2D eigenvalue weighted by molar-refractivity contribution is -0.162. The van der Waals surface area contributed by atoms with Crippen LogP contribution in [0.4, 0.5) is 0 Å². The van der Waals surface area contributed by atoms with Gasteiger partial charge in [0.25, 0.3) is 0 Å². The monoisotopic (exact) mass is 906 g/mol. The molecule has 5 aromatic rings. The summed E-state index contributed by atoms with van der Waals surface area (Å²) in [4.78, 5) is 54.2. The SMILES string of the molecule is Cc1cc2[nH]c(=O)ccc2c(-c2ccc(Cl)cc2)c1[C@@H](COC(=O)C(C)(C)C)OC(C)(C)C.Cc1cc2[nH]c(=O)ccc2c(Br)c1[C@@H](COC(=O)C(C)(C)C)OC(C)(C)C. The van der Waals surface area contributed by atoms with Gasteiger partial charge < -0.3 is 28.9 Å². The average molecular weight is 908 g/mol. The van der Waals surface area contributed by atoms with Crippen LogP contribution in [-0.2, 0) is 28.5 Å². The molecule has 10 nitrogen and oxygen atoms in total. The number of esters is 2. The number of pyridine rings is 2. The molecule has 0 saturated heterocycles. The topological polar surface area (TPSA) is 137 Å². The fourth-order valence-corrected chi connectivity index (χ4v) is 7.59. The number of carbonyl (C=O) groups is 2. The van der Waals surface area contributed by atoms with E-state index in [9.17, 15) is 19.2 Å². The molecule has 0 unspecified atom stereocenters. The number of aryl methyl sites for hydroxylation is 2. The second kappa shape index (κ2) is 18.8. The number of hydrogen-bond acceptors (Lipinski definition) is 8. The summed E-state index contributed by atoms with van der Waals surface area (Å²) in [6.45, 7) is 26.9. The van der Waals surface area contributed by atoms with Crippen molar-refractivity contribution in [1.82, 2.24) is 9.97 Å². The van der Waals surface area contributed by atoms with Gasteiger partial charge in [-0.3, -0.25) is 19.2 Å². The average Bonchev–Trinajstić information content (AvgIpc) is 3.10. The number of H-pyrrole nitrogens is 2. The third-order valence-corrected chi connectivity index (χ3v) is 10.3. The number of nitrogens with one attached hydrogen (secondary N) is 2. The minimum Gasteiger partial charge on any atom is -0.462 e. The summed E-state index contributed by atoms with van der Waals surface area (Å²) < 4.78 is 24.8. The molecule has 0 aliphatic carbocycles. The summed E-state index contributed by atoms with van der Waals surface area (Å²) in [6, 6.07) is 18.0. The summed E-state index contributed by atoms with van der Waals surface area (Å²) in [7, 11) is 0. The molecule has 0 aliphatic heterocycles. The molecule has 5 rings (SSSR count). The molecule has 0 bridgehead atoms. The first-order valence-corrected chi connectivity index (χ1v) is 21.2. The quantitative estimate of drug-likeness (QED) is 0.140. The van der Waals surface area contributed by atoms with Crippen molar-refractivity contribution in [3.8, 4) is 11.1 Å². The van der Waals surface area contributed by atoms with Gasteiger partial charge in [-0.05, 0) is 177 Å². The van der Waals surface area contributed by atoms with E-state index in [2.05, 4.69) is 25.9 Å². The number of benzene rings is 3. The second-order valence-electron chi connectivity index (χ2n) is 19.1. The van der Waals surface area contributed by atoms with E-state index in [1.54, 1.807) is 6.07 Å². The van der Waals surface area contributed by atoms with Gasteiger partial charge in [0.1, 0.15) is 25.4 Å². The van der Waals surface area contributed by atoms with Crippen molar-refractivity contribution in [2.75, 3.05) is 13.2 Å². The smallest absolute Gasteiger partial charge is 0.311 e. The van der Waals surface area contributed by atoms with Gasteiger partial charge >= 0.3 is 11.9 Å².